The van der Waals surface area contributed by atoms with Crippen LogP contribution in [0.5, 0.6) is 11.6 Å². The molecule has 0 amide bonds. The van der Waals surface area contributed by atoms with Crippen LogP contribution in [0.2, 0.25) is 0 Å². The third-order valence-corrected chi connectivity index (χ3v) is 6.27. The zero-order chi connectivity index (χ0) is 24.2. The molecule has 2 aromatic carbocycles. The summed E-state index contributed by atoms with van der Waals surface area (Å²) in [4.78, 5) is 11.2. The molecule has 7 heteroatoms. The van der Waals surface area contributed by atoms with E-state index in [2.05, 4.69) is 55.8 Å². The first-order valence-corrected chi connectivity index (χ1v) is 12.2. The van der Waals surface area contributed by atoms with Crippen LogP contribution < -0.4 is 15.4 Å². The summed E-state index contributed by atoms with van der Waals surface area (Å²) in [7, 11) is 0. The van der Waals surface area contributed by atoms with Crippen LogP contribution in [0.25, 0.3) is 22.2 Å². The Bertz CT molecular complexity index is 1440. The molecule has 1 aliphatic rings. The van der Waals surface area contributed by atoms with Crippen molar-refractivity contribution in [3.8, 4) is 23.0 Å². The van der Waals surface area contributed by atoms with Gasteiger partial charge in [-0.15, -0.1) is 0 Å². The van der Waals surface area contributed by atoms with Crippen LogP contribution in [-0.4, -0.2) is 41.0 Å². The van der Waals surface area contributed by atoms with Gasteiger partial charge in [-0.1, -0.05) is 12.1 Å². The summed E-state index contributed by atoms with van der Waals surface area (Å²) in [5, 5.41) is 7.93. The zero-order valence-corrected chi connectivity index (χ0v) is 19.9. The normalized spacial score (nSPS) is 14.1. The minimum absolute atomic E-state index is 0.571. The van der Waals surface area contributed by atoms with E-state index in [0.717, 1.165) is 77.8 Å². The lowest BCUT2D eigenvalue weighted by molar-refractivity contribution is 0.217. The SMILES string of the molecule is c1ccc(Oc2ccc(Nc3ccnc4cc(-c5ccc(CN6CCNCC6)o5)ccc34)cc2)nc1. The summed E-state index contributed by atoms with van der Waals surface area (Å²) in [6, 6.07) is 25.8. The molecular formula is C29H27N5O2. The predicted octanol–water partition coefficient (Wildman–Crippen LogP) is 5.83. The Balaban J connectivity index is 1.17. The first kappa shape index (κ1) is 22.3. The van der Waals surface area contributed by atoms with Gasteiger partial charge in [-0.25, -0.2) is 4.98 Å². The quantitative estimate of drug-likeness (QED) is 0.305. The molecule has 1 fully saturated rings. The predicted molar refractivity (Wildman–Crippen MR) is 142 cm³/mol. The Morgan fingerprint density at radius 1 is 0.889 bits per heavy atom. The number of nitrogens with one attached hydrogen (secondary N) is 2. The average molecular weight is 478 g/mol. The lowest BCUT2D eigenvalue weighted by atomic mass is 10.1. The monoisotopic (exact) mass is 477 g/mol. The maximum Gasteiger partial charge on any atom is 0.219 e. The summed E-state index contributed by atoms with van der Waals surface area (Å²) in [6.07, 6.45) is 3.54. The number of piperazine rings is 1. The third kappa shape index (κ3) is 5.07. The molecule has 0 aliphatic carbocycles. The van der Waals surface area contributed by atoms with Crippen molar-refractivity contribution in [1.29, 1.82) is 0 Å². The van der Waals surface area contributed by atoms with Gasteiger partial charge in [0.25, 0.3) is 0 Å². The first-order valence-electron chi connectivity index (χ1n) is 12.2. The van der Waals surface area contributed by atoms with Crippen molar-refractivity contribution in [3.05, 3.63) is 97.0 Å². The van der Waals surface area contributed by atoms with Crippen molar-refractivity contribution in [2.75, 3.05) is 31.5 Å². The Hall–Kier alpha value is -4.20. The molecule has 180 valence electrons. The fraction of sp³-hybridized carbons (Fsp3) is 0.172. The molecule has 1 saturated heterocycles. The highest BCUT2D eigenvalue weighted by Crippen LogP contribution is 2.31. The topological polar surface area (TPSA) is 75.5 Å². The number of benzene rings is 2. The van der Waals surface area contributed by atoms with Crippen LogP contribution >= 0.6 is 0 Å². The van der Waals surface area contributed by atoms with Crippen LogP contribution in [0.3, 0.4) is 0 Å². The lowest BCUT2D eigenvalue weighted by Crippen LogP contribution is -2.42. The smallest absolute Gasteiger partial charge is 0.219 e. The number of nitrogens with zero attached hydrogens (tertiary/aromatic N) is 3. The van der Waals surface area contributed by atoms with E-state index < -0.39 is 0 Å². The molecule has 5 aromatic rings. The summed E-state index contributed by atoms with van der Waals surface area (Å²) in [5.41, 5.74) is 3.88. The molecule has 0 bridgehead atoms. The molecule has 36 heavy (non-hydrogen) atoms. The number of anilines is 2. The van der Waals surface area contributed by atoms with Crippen molar-refractivity contribution in [3.63, 3.8) is 0 Å². The van der Waals surface area contributed by atoms with Gasteiger partial charge in [0.2, 0.25) is 5.88 Å². The van der Waals surface area contributed by atoms with Gasteiger partial charge in [0.15, 0.2) is 0 Å². The minimum Gasteiger partial charge on any atom is -0.460 e. The Labute approximate surface area is 209 Å². The second-order valence-corrected chi connectivity index (χ2v) is 8.80. The molecule has 3 aromatic heterocycles. The fourth-order valence-electron chi connectivity index (χ4n) is 4.41. The van der Waals surface area contributed by atoms with Crippen LogP contribution in [0.15, 0.2) is 95.7 Å². The van der Waals surface area contributed by atoms with Gasteiger partial charge in [-0.3, -0.25) is 9.88 Å². The number of fused-ring (bicyclic) bond motifs is 1. The van der Waals surface area contributed by atoms with E-state index in [0.29, 0.717) is 5.88 Å². The maximum absolute atomic E-state index is 6.18. The molecular weight excluding hydrogens is 450 g/mol. The molecule has 0 spiro atoms. The molecule has 1 aliphatic heterocycles. The molecule has 7 nitrogen and oxygen atoms in total. The number of rotatable bonds is 7. The van der Waals surface area contributed by atoms with Crippen LogP contribution in [0, 0.1) is 0 Å². The van der Waals surface area contributed by atoms with E-state index in [1.807, 2.05) is 54.7 Å². The van der Waals surface area contributed by atoms with E-state index in [1.54, 1.807) is 6.20 Å². The first-order chi connectivity index (χ1) is 17.8. The third-order valence-electron chi connectivity index (χ3n) is 6.27. The van der Waals surface area contributed by atoms with E-state index in [9.17, 15) is 0 Å². The second-order valence-electron chi connectivity index (χ2n) is 8.80. The van der Waals surface area contributed by atoms with Gasteiger partial charge < -0.3 is 19.8 Å². The molecule has 0 saturated carbocycles. The highest BCUT2D eigenvalue weighted by atomic mass is 16.5. The maximum atomic E-state index is 6.18. The molecule has 2 N–H and O–H groups in total. The minimum atomic E-state index is 0.571. The average Bonchev–Trinajstić information content (AvgIpc) is 3.39. The Morgan fingerprint density at radius 3 is 2.61 bits per heavy atom. The summed E-state index contributed by atoms with van der Waals surface area (Å²) < 4.78 is 12.0. The van der Waals surface area contributed by atoms with Crippen LogP contribution in [0.4, 0.5) is 11.4 Å². The van der Waals surface area contributed by atoms with Crippen LogP contribution in [0.1, 0.15) is 5.76 Å². The van der Waals surface area contributed by atoms with Crippen molar-refractivity contribution in [2.45, 2.75) is 6.54 Å². The highest BCUT2D eigenvalue weighted by molar-refractivity contribution is 5.94. The van der Waals surface area contributed by atoms with Crippen molar-refractivity contribution in [1.82, 2.24) is 20.2 Å². The number of furan rings is 1. The van der Waals surface area contributed by atoms with Gasteiger partial charge in [-0.2, -0.15) is 0 Å². The number of pyridine rings is 2. The van der Waals surface area contributed by atoms with Crippen molar-refractivity contribution in [2.24, 2.45) is 0 Å². The largest absolute Gasteiger partial charge is 0.460 e. The molecule has 0 unspecified atom stereocenters. The molecule has 0 atom stereocenters. The number of hydrogen-bond donors (Lipinski definition) is 2. The van der Waals surface area contributed by atoms with E-state index in [1.165, 1.54) is 0 Å². The standard InChI is InChI=1S/C29H27N5O2/c1-2-13-32-29(3-1)36-23-7-5-22(6-8-23)33-26-12-14-31-27-19-21(4-10-25(26)27)28-11-9-24(35-28)20-34-17-15-30-16-18-34/h1-14,19,30H,15-18,20H2,(H,31,33). The fourth-order valence-corrected chi connectivity index (χ4v) is 4.41. The summed E-state index contributed by atoms with van der Waals surface area (Å²) in [6.45, 7) is 5.00. The highest BCUT2D eigenvalue weighted by Gasteiger charge is 2.13. The van der Waals surface area contributed by atoms with Gasteiger partial charge in [0.1, 0.15) is 17.3 Å². The van der Waals surface area contributed by atoms with Gasteiger partial charge in [0.05, 0.1) is 12.1 Å². The van der Waals surface area contributed by atoms with E-state index >= 15 is 0 Å². The lowest BCUT2D eigenvalue weighted by Gasteiger charge is -2.26. The summed E-state index contributed by atoms with van der Waals surface area (Å²) in [5.74, 6) is 3.16. The number of aromatic nitrogens is 2. The van der Waals surface area contributed by atoms with Crippen molar-refractivity contribution >= 4 is 22.3 Å². The number of ether oxygens (including phenoxy) is 1. The summed E-state index contributed by atoms with van der Waals surface area (Å²) >= 11 is 0. The van der Waals surface area contributed by atoms with E-state index in [4.69, 9.17) is 9.15 Å². The Morgan fingerprint density at radius 2 is 1.78 bits per heavy atom. The van der Waals surface area contributed by atoms with Gasteiger partial charge in [-0.05, 0) is 60.7 Å². The number of hydrogen-bond acceptors (Lipinski definition) is 7. The van der Waals surface area contributed by atoms with E-state index in [-0.39, 0.29) is 0 Å². The second kappa shape index (κ2) is 10.2. The Kier molecular flexibility index (Phi) is 6.31. The van der Waals surface area contributed by atoms with Crippen LogP contribution in [-0.2, 0) is 6.54 Å². The zero-order valence-electron chi connectivity index (χ0n) is 19.9. The van der Waals surface area contributed by atoms with Gasteiger partial charge in [0, 0.05) is 67.0 Å². The molecule has 4 heterocycles. The molecule has 6 rings (SSSR count). The molecule has 0 radical (unpaired) electrons. The van der Waals surface area contributed by atoms with Gasteiger partial charge >= 0.3 is 0 Å². The van der Waals surface area contributed by atoms with Crippen molar-refractivity contribution < 1.29 is 9.15 Å².